The van der Waals surface area contributed by atoms with Crippen LogP contribution in [0.25, 0.3) is 49.9 Å². The van der Waals surface area contributed by atoms with Crippen LogP contribution in [0.2, 0.25) is 0 Å². The number of pyridine rings is 1. The molecule has 2 aromatic heterocycles. The highest BCUT2D eigenvalue weighted by atomic mass is 19.1. The van der Waals surface area contributed by atoms with Crippen molar-refractivity contribution in [3.8, 4) is 39.6 Å². The number of halogens is 3. The number of anilines is 4. The van der Waals surface area contributed by atoms with E-state index in [0.717, 1.165) is 84.3 Å². The van der Waals surface area contributed by atoms with Crippen molar-refractivity contribution in [3.63, 3.8) is 0 Å². The summed E-state index contributed by atoms with van der Waals surface area (Å²) in [7, 11) is 0. The molecule has 66 heavy (non-hydrogen) atoms. The molecule has 0 unspecified atom stereocenters. The van der Waals surface area contributed by atoms with Crippen molar-refractivity contribution in [2.75, 3.05) is 16.5 Å². The molecule has 0 saturated carbocycles. The fraction of sp³-hybridized carbons (Fsp3) is 0.190. The van der Waals surface area contributed by atoms with E-state index in [-0.39, 0.29) is 23.1 Å². The van der Waals surface area contributed by atoms with Gasteiger partial charge in [-0.25, -0.2) is 18.2 Å². The molecule has 9 aromatic rings. The molecule has 0 spiro atoms. The fourth-order valence-electron chi connectivity index (χ4n) is 9.40. The summed E-state index contributed by atoms with van der Waals surface area (Å²) in [6.07, 6.45) is 1.88. The van der Waals surface area contributed by atoms with Gasteiger partial charge in [-0.3, -0.25) is 4.57 Å². The monoisotopic (exact) mass is 876 g/mol. The maximum atomic E-state index is 14.6. The van der Waals surface area contributed by atoms with Crippen LogP contribution in [0, 0.1) is 17.5 Å². The number of rotatable bonds is 9. The van der Waals surface area contributed by atoms with Crippen molar-refractivity contribution in [3.05, 3.63) is 192 Å². The zero-order valence-corrected chi connectivity index (χ0v) is 38.2. The summed E-state index contributed by atoms with van der Waals surface area (Å²) in [5.41, 5.74) is 12.3. The lowest BCUT2D eigenvalue weighted by Gasteiger charge is -2.30. The number of hydrogen-bond donors (Lipinski definition) is 0. The first-order valence-corrected chi connectivity index (χ1v) is 22.6. The van der Waals surface area contributed by atoms with Gasteiger partial charge < -0.3 is 14.5 Å². The molecule has 0 atom stereocenters. The number of hydrogen-bond acceptors (Lipinski definition) is 4. The highest BCUT2D eigenvalue weighted by molar-refractivity contribution is 6.09. The zero-order chi connectivity index (χ0) is 46.0. The first-order valence-electron chi connectivity index (χ1n) is 22.6. The van der Waals surface area contributed by atoms with Crippen LogP contribution in [-0.2, 0) is 5.41 Å². The Hall–Kier alpha value is -7.32. The summed E-state index contributed by atoms with van der Waals surface area (Å²) in [6, 6.07) is 47.8. The Kier molecular flexibility index (Phi) is 10.7. The van der Waals surface area contributed by atoms with Crippen molar-refractivity contribution in [1.29, 1.82) is 0 Å². The van der Waals surface area contributed by atoms with E-state index in [1.54, 1.807) is 12.1 Å². The van der Waals surface area contributed by atoms with Crippen molar-refractivity contribution < 1.29 is 17.9 Å². The molecule has 0 N–H and O–H groups in total. The van der Waals surface area contributed by atoms with Crippen LogP contribution in [0.1, 0.15) is 77.0 Å². The normalized spacial score (nSPS) is 12.8. The van der Waals surface area contributed by atoms with Gasteiger partial charge in [0.1, 0.15) is 41.4 Å². The summed E-state index contributed by atoms with van der Waals surface area (Å²) in [6.45, 7) is 15.7. The van der Waals surface area contributed by atoms with Crippen LogP contribution >= 0.6 is 0 Å². The molecule has 330 valence electrons. The molecule has 1 aliphatic heterocycles. The molecule has 0 saturated heterocycles. The first kappa shape index (κ1) is 42.6. The minimum atomic E-state index is -0.607. The van der Waals surface area contributed by atoms with E-state index in [9.17, 15) is 13.2 Å². The third-order valence-electron chi connectivity index (χ3n) is 12.7. The number of benzene rings is 7. The minimum absolute atomic E-state index is 0.0606. The molecule has 0 radical (unpaired) electrons. The van der Waals surface area contributed by atoms with E-state index in [0.29, 0.717) is 23.7 Å². The fourth-order valence-corrected chi connectivity index (χ4v) is 9.40. The Balaban J connectivity index is 1.09. The van der Waals surface area contributed by atoms with Gasteiger partial charge in [-0.1, -0.05) is 90.9 Å². The molecule has 8 heteroatoms. The maximum absolute atomic E-state index is 14.6. The van der Waals surface area contributed by atoms with Gasteiger partial charge in [0.15, 0.2) is 0 Å². The average Bonchev–Trinajstić information content (AvgIpc) is 3.84. The van der Waals surface area contributed by atoms with Gasteiger partial charge in [0, 0.05) is 46.5 Å². The van der Waals surface area contributed by atoms with Gasteiger partial charge in [-0.2, -0.15) is 0 Å². The van der Waals surface area contributed by atoms with Crippen LogP contribution in [0.5, 0.6) is 11.5 Å². The quantitative estimate of drug-likeness (QED) is 0.145. The first-order chi connectivity index (χ1) is 31.7. The standard InChI is InChI=1S/C58H51F3N4O/c1-35(2)50-28-40(38-24-43(60)31-44(61)25-38)29-51(36(3)4)57(50)64-34-63(53-14-10-11-15-54(53)64)45-26-39(37-16-18-42(59)19-17-37)27-47(32-45)66-46-20-21-49-48-12-8-9-13-52(48)65(55(49)33-46)56-30-41(22-23-62-56)58(5,6)7/h8-33,35-36H,34H2,1-7H3. The number of nitrogens with zero attached hydrogens (tertiary/aromatic N) is 4. The van der Waals surface area contributed by atoms with Gasteiger partial charge in [0.25, 0.3) is 0 Å². The van der Waals surface area contributed by atoms with Gasteiger partial charge >= 0.3 is 0 Å². The second-order valence-electron chi connectivity index (χ2n) is 19.0. The molecular formula is C58H51F3N4O. The largest absolute Gasteiger partial charge is 0.457 e. The minimum Gasteiger partial charge on any atom is -0.457 e. The molecule has 7 aromatic carbocycles. The molecule has 0 aliphatic carbocycles. The van der Waals surface area contributed by atoms with E-state index in [4.69, 9.17) is 9.72 Å². The van der Waals surface area contributed by atoms with Gasteiger partial charge in [-0.05, 0) is 147 Å². The molecule has 0 bridgehead atoms. The topological polar surface area (TPSA) is 33.5 Å². The predicted octanol–water partition coefficient (Wildman–Crippen LogP) is 16.5. The summed E-state index contributed by atoms with van der Waals surface area (Å²) >= 11 is 0. The van der Waals surface area contributed by atoms with Gasteiger partial charge in [0.2, 0.25) is 0 Å². The third-order valence-corrected chi connectivity index (χ3v) is 12.7. The summed E-state index contributed by atoms with van der Waals surface area (Å²) in [4.78, 5) is 9.52. The van der Waals surface area contributed by atoms with E-state index >= 15 is 0 Å². The molecule has 5 nitrogen and oxygen atoms in total. The van der Waals surface area contributed by atoms with Crippen LogP contribution in [-0.4, -0.2) is 16.2 Å². The third kappa shape index (κ3) is 7.84. The highest BCUT2D eigenvalue weighted by Crippen LogP contribution is 2.50. The lowest BCUT2D eigenvalue weighted by molar-refractivity contribution is 0.483. The summed E-state index contributed by atoms with van der Waals surface area (Å²) in [5, 5.41) is 2.21. The smallest absolute Gasteiger partial charge is 0.137 e. The summed E-state index contributed by atoms with van der Waals surface area (Å²) in [5.74, 6) is 0.774. The second kappa shape index (κ2) is 16.6. The number of ether oxygens (including phenoxy) is 1. The maximum Gasteiger partial charge on any atom is 0.137 e. The van der Waals surface area contributed by atoms with E-state index in [1.165, 1.54) is 29.8 Å². The van der Waals surface area contributed by atoms with Crippen molar-refractivity contribution in [2.24, 2.45) is 0 Å². The predicted molar refractivity (Wildman–Crippen MR) is 265 cm³/mol. The number of aromatic nitrogens is 2. The van der Waals surface area contributed by atoms with Crippen molar-refractivity contribution in [2.45, 2.75) is 65.7 Å². The molecule has 10 rings (SSSR count). The SMILES string of the molecule is CC(C)c1cc(-c2cc(F)cc(F)c2)cc(C(C)C)c1N1CN(c2cc(Oc3ccc4c5ccccc5n(-c5cc(C(C)(C)C)ccn5)c4c3)cc(-c3ccc(F)cc3)c2)c2ccccc21. The van der Waals surface area contributed by atoms with Crippen LogP contribution in [0.15, 0.2) is 158 Å². The Morgan fingerprint density at radius 3 is 1.83 bits per heavy atom. The van der Waals surface area contributed by atoms with Gasteiger partial charge in [0.05, 0.1) is 22.4 Å². The van der Waals surface area contributed by atoms with Crippen molar-refractivity contribution >= 4 is 44.6 Å². The highest BCUT2D eigenvalue weighted by Gasteiger charge is 2.33. The van der Waals surface area contributed by atoms with Crippen molar-refractivity contribution in [1.82, 2.24) is 9.55 Å². The number of para-hydroxylation sites is 3. The molecular weight excluding hydrogens is 826 g/mol. The second-order valence-corrected chi connectivity index (χ2v) is 19.0. The van der Waals surface area contributed by atoms with E-state index in [1.807, 2.05) is 24.4 Å². The molecule has 0 amide bonds. The Morgan fingerprint density at radius 2 is 1.15 bits per heavy atom. The van der Waals surface area contributed by atoms with Crippen LogP contribution in [0.3, 0.4) is 0 Å². The molecule has 3 heterocycles. The van der Waals surface area contributed by atoms with Gasteiger partial charge in [-0.15, -0.1) is 0 Å². The Morgan fingerprint density at radius 1 is 0.530 bits per heavy atom. The lowest BCUT2D eigenvalue weighted by Crippen LogP contribution is -2.26. The van der Waals surface area contributed by atoms with E-state index in [2.05, 4.69) is 154 Å². The Labute approximate surface area is 384 Å². The number of fused-ring (bicyclic) bond motifs is 4. The summed E-state index contributed by atoms with van der Waals surface area (Å²) < 4.78 is 52.6. The molecule has 1 aliphatic rings. The average molecular weight is 877 g/mol. The lowest BCUT2D eigenvalue weighted by atomic mass is 9.87. The van der Waals surface area contributed by atoms with Crippen LogP contribution in [0.4, 0.5) is 35.9 Å². The molecule has 0 fully saturated rings. The van der Waals surface area contributed by atoms with E-state index < -0.39 is 11.6 Å². The zero-order valence-electron chi connectivity index (χ0n) is 38.2. The Bertz CT molecular complexity index is 3260. The van der Waals surface area contributed by atoms with Crippen LogP contribution < -0.4 is 14.5 Å².